The van der Waals surface area contributed by atoms with Gasteiger partial charge in [-0.25, -0.2) is 0 Å². The first kappa shape index (κ1) is 15.3. The Hall–Kier alpha value is -1.06. The van der Waals surface area contributed by atoms with Crippen molar-refractivity contribution in [3.05, 3.63) is 0 Å². The summed E-state index contributed by atoms with van der Waals surface area (Å²) in [7, 11) is 0. The van der Waals surface area contributed by atoms with Gasteiger partial charge in [-0.05, 0) is 30.6 Å². The molecule has 2 N–H and O–H groups in total. The third kappa shape index (κ3) is 4.50. The van der Waals surface area contributed by atoms with Gasteiger partial charge < -0.3 is 10.4 Å². The Balaban J connectivity index is 1.65. The van der Waals surface area contributed by atoms with Crippen LogP contribution in [-0.4, -0.2) is 23.5 Å². The maximum Gasteiger partial charge on any atom is 0.303 e. The Morgan fingerprint density at radius 1 is 1.10 bits per heavy atom. The summed E-state index contributed by atoms with van der Waals surface area (Å²) in [5.41, 5.74) is -0.160. The first-order chi connectivity index (χ1) is 9.60. The molecule has 0 aromatic carbocycles. The predicted molar refractivity (Wildman–Crippen MR) is 77.4 cm³/mol. The molecule has 0 radical (unpaired) electrons. The highest BCUT2D eigenvalue weighted by atomic mass is 16.4. The molecule has 0 unspecified atom stereocenters. The number of amides is 1. The third-order valence-electron chi connectivity index (χ3n) is 5.11. The smallest absolute Gasteiger partial charge is 0.303 e. The van der Waals surface area contributed by atoms with Crippen LogP contribution in [0.2, 0.25) is 0 Å². The van der Waals surface area contributed by atoms with Crippen molar-refractivity contribution in [2.75, 3.05) is 6.54 Å². The maximum absolute atomic E-state index is 11.9. The standard InChI is InChI=1S/C16H27NO3/c18-14(8-7-13-5-2-1-3-6-13)17-12-16(9-4-10-16)11-15(19)20/h13H,1-12H2,(H,17,18)(H,19,20). The van der Waals surface area contributed by atoms with E-state index >= 15 is 0 Å². The van der Waals surface area contributed by atoms with Crippen LogP contribution in [0.4, 0.5) is 0 Å². The van der Waals surface area contributed by atoms with Gasteiger partial charge in [0.2, 0.25) is 5.91 Å². The molecule has 2 rings (SSSR count). The molecule has 2 aliphatic carbocycles. The summed E-state index contributed by atoms with van der Waals surface area (Å²) >= 11 is 0. The van der Waals surface area contributed by atoms with Gasteiger partial charge in [0.1, 0.15) is 0 Å². The first-order valence-electron chi connectivity index (χ1n) is 8.08. The Labute approximate surface area is 121 Å². The molecule has 20 heavy (non-hydrogen) atoms. The second-order valence-electron chi connectivity index (χ2n) is 6.74. The second-order valence-corrected chi connectivity index (χ2v) is 6.74. The molecule has 2 fully saturated rings. The highest BCUT2D eigenvalue weighted by Gasteiger charge is 2.39. The minimum absolute atomic E-state index is 0.104. The van der Waals surface area contributed by atoms with E-state index in [0.717, 1.165) is 31.6 Å². The number of rotatable bonds is 7. The van der Waals surface area contributed by atoms with Crippen LogP contribution in [0.15, 0.2) is 0 Å². The minimum Gasteiger partial charge on any atom is -0.481 e. The van der Waals surface area contributed by atoms with E-state index in [4.69, 9.17) is 5.11 Å². The lowest BCUT2D eigenvalue weighted by Gasteiger charge is -2.40. The summed E-state index contributed by atoms with van der Waals surface area (Å²) in [6.07, 6.45) is 11.3. The zero-order valence-corrected chi connectivity index (χ0v) is 12.3. The number of nitrogens with one attached hydrogen (secondary N) is 1. The van der Waals surface area contributed by atoms with Gasteiger partial charge in [0.05, 0.1) is 6.42 Å². The summed E-state index contributed by atoms with van der Waals surface area (Å²) in [6, 6.07) is 0. The van der Waals surface area contributed by atoms with Crippen molar-refractivity contribution in [3.63, 3.8) is 0 Å². The number of carboxylic acids is 1. The third-order valence-corrected chi connectivity index (χ3v) is 5.11. The number of carbonyl (C=O) groups is 2. The quantitative estimate of drug-likeness (QED) is 0.753. The first-order valence-corrected chi connectivity index (χ1v) is 8.08. The summed E-state index contributed by atoms with van der Waals surface area (Å²) < 4.78 is 0. The Morgan fingerprint density at radius 2 is 1.80 bits per heavy atom. The molecule has 0 saturated heterocycles. The zero-order chi connectivity index (χ0) is 14.4. The van der Waals surface area contributed by atoms with E-state index in [1.165, 1.54) is 32.1 Å². The normalized spacial score (nSPS) is 22.0. The van der Waals surface area contributed by atoms with E-state index in [1.54, 1.807) is 0 Å². The molecule has 1 amide bonds. The number of hydrogen-bond acceptors (Lipinski definition) is 2. The van der Waals surface area contributed by atoms with Gasteiger partial charge in [-0.3, -0.25) is 9.59 Å². The second kappa shape index (κ2) is 7.09. The molecular weight excluding hydrogens is 254 g/mol. The maximum atomic E-state index is 11.9. The zero-order valence-electron chi connectivity index (χ0n) is 12.3. The van der Waals surface area contributed by atoms with Crippen molar-refractivity contribution >= 4 is 11.9 Å². The molecule has 0 aromatic heterocycles. The van der Waals surface area contributed by atoms with E-state index in [9.17, 15) is 9.59 Å². The molecule has 4 nitrogen and oxygen atoms in total. The van der Waals surface area contributed by atoms with Gasteiger partial charge in [0, 0.05) is 13.0 Å². The topological polar surface area (TPSA) is 66.4 Å². The molecule has 114 valence electrons. The number of hydrogen-bond donors (Lipinski definition) is 2. The van der Waals surface area contributed by atoms with Crippen LogP contribution >= 0.6 is 0 Å². The molecule has 0 heterocycles. The lowest BCUT2D eigenvalue weighted by atomic mass is 9.66. The summed E-state index contributed by atoms with van der Waals surface area (Å²) in [4.78, 5) is 22.8. The lowest BCUT2D eigenvalue weighted by Crippen LogP contribution is -2.43. The van der Waals surface area contributed by atoms with Gasteiger partial charge in [-0.1, -0.05) is 38.5 Å². The fourth-order valence-electron chi connectivity index (χ4n) is 3.60. The molecule has 0 bridgehead atoms. The Kier molecular flexibility index (Phi) is 5.44. The largest absolute Gasteiger partial charge is 0.481 e. The monoisotopic (exact) mass is 281 g/mol. The van der Waals surface area contributed by atoms with Crippen LogP contribution in [0.5, 0.6) is 0 Å². The molecule has 0 spiro atoms. The van der Waals surface area contributed by atoms with Crippen molar-refractivity contribution < 1.29 is 14.7 Å². The van der Waals surface area contributed by atoms with E-state index in [1.807, 2.05) is 0 Å². The number of carboxylic acid groups (broad SMARTS) is 1. The van der Waals surface area contributed by atoms with Crippen molar-refractivity contribution in [2.24, 2.45) is 11.3 Å². The number of carbonyl (C=O) groups excluding carboxylic acids is 1. The van der Waals surface area contributed by atoms with Gasteiger partial charge in [0.15, 0.2) is 0 Å². The molecule has 0 aromatic rings. The fourth-order valence-corrected chi connectivity index (χ4v) is 3.60. The van der Waals surface area contributed by atoms with Crippen LogP contribution in [0, 0.1) is 11.3 Å². The van der Waals surface area contributed by atoms with E-state index < -0.39 is 5.97 Å². The molecule has 2 aliphatic rings. The molecule has 0 atom stereocenters. The van der Waals surface area contributed by atoms with E-state index in [0.29, 0.717) is 13.0 Å². The van der Waals surface area contributed by atoms with Crippen molar-refractivity contribution in [2.45, 2.75) is 70.6 Å². The van der Waals surface area contributed by atoms with Crippen LogP contribution in [0.25, 0.3) is 0 Å². The van der Waals surface area contributed by atoms with E-state index in [-0.39, 0.29) is 17.7 Å². The average molecular weight is 281 g/mol. The van der Waals surface area contributed by atoms with Gasteiger partial charge >= 0.3 is 5.97 Å². The Bertz CT molecular complexity index is 344. The number of aliphatic carboxylic acids is 1. The molecular formula is C16H27NO3. The highest BCUT2D eigenvalue weighted by molar-refractivity contribution is 5.76. The van der Waals surface area contributed by atoms with Crippen LogP contribution in [0.1, 0.15) is 70.6 Å². The molecule has 2 saturated carbocycles. The van der Waals surface area contributed by atoms with Crippen LogP contribution in [0.3, 0.4) is 0 Å². The van der Waals surface area contributed by atoms with Crippen LogP contribution in [-0.2, 0) is 9.59 Å². The SMILES string of the molecule is O=C(O)CC1(CNC(=O)CCC2CCCCC2)CCC1. The van der Waals surface area contributed by atoms with Gasteiger partial charge in [0.25, 0.3) is 0 Å². The minimum atomic E-state index is -0.749. The lowest BCUT2D eigenvalue weighted by molar-refractivity contribution is -0.141. The summed E-state index contributed by atoms with van der Waals surface area (Å²) in [6.45, 7) is 0.544. The predicted octanol–water partition coefficient (Wildman–Crippen LogP) is 3.11. The fraction of sp³-hybridized carbons (Fsp3) is 0.875. The molecule has 4 heteroatoms. The van der Waals surface area contributed by atoms with Crippen molar-refractivity contribution in [1.82, 2.24) is 5.32 Å². The highest BCUT2D eigenvalue weighted by Crippen LogP contribution is 2.43. The van der Waals surface area contributed by atoms with E-state index in [2.05, 4.69) is 5.32 Å². The summed E-state index contributed by atoms with van der Waals surface area (Å²) in [5.74, 6) is 0.0829. The van der Waals surface area contributed by atoms with Crippen LogP contribution < -0.4 is 5.32 Å². The van der Waals surface area contributed by atoms with Gasteiger partial charge in [-0.2, -0.15) is 0 Å². The summed E-state index contributed by atoms with van der Waals surface area (Å²) in [5, 5.41) is 11.9. The molecule has 0 aliphatic heterocycles. The Morgan fingerprint density at radius 3 is 2.35 bits per heavy atom. The average Bonchev–Trinajstić information content (AvgIpc) is 2.40. The van der Waals surface area contributed by atoms with Crippen molar-refractivity contribution in [3.8, 4) is 0 Å². The van der Waals surface area contributed by atoms with Crippen molar-refractivity contribution in [1.29, 1.82) is 0 Å². The van der Waals surface area contributed by atoms with Gasteiger partial charge in [-0.15, -0.1) is 0 Å².